The van der Waals surface area contributed by atoms with Crippen molar-refractivity contribution >= 4 is 17.7 Å². The SMILES string of the molecule is Cc1cc(CSc2ncccc2C(=O)NC[C@H]2CCCO2)no1. The largest absolute Gasteiger partial charge is 0.376 e. The van der Waals surface area contributed by atoms with Crippen molar-refractivity contribution in [3.05, 3.63) is 41.4 Å². The number of pyridine rings is 1. The van der Waals surface area contributed by atoms with Crippen LogP contribution in [0.1, 0.15) is 34.7 Å². The Kier molecular flexibility index (Phi) is 5.30. The fourth-order valence-corrected chi connectivity index (χ4v) is 3.29. The summed E-state index contributed by atoms with van der Waals surface area (Å²) in [7, 11) is 0. The van der Waals surface area contributed by atoms with Gasteiger partial charge in [-0.25, -0.2) is 4.98 Å². The van der Waals surface area contributed by atoms with Crippen LogP contribution in [0.3, 0.4) is 0 Å². The lowest BCUT2D eigenvalue weighted by atomic mass is 10.2. The van der Waals surface area contributed by atoms with E-state index in [1.54, 1.807) is 18.3 Å². The Morgan fingerprint density at radius 2 is 2.43 bits per heavy atom. The summed E-state index contributed by atoms with van der Waals surface area (Å²) < 4.78 is 10.6. The zero-order valence-corrected chi connectivity index (χ0v) is 13.8. The minimum absolute atomic E-state index is 0.118. The van der Waals surface area contributed by atoms with Gasteiger partial charge in [-0.3, -0.25) is 4.79 Å². The number of rotatable bonds is 6. The van der Waals surface area contributed by atoms with Gasteiger partial charge in [0.15, 0.2) is 0 Å². The number of nitrogens with one attached hydrogen (secondary N) is 1. The molecule has 1 atom stereocenters. The van der Waals surface area contributed by atoms with E-state index >= 15 is 0 Å². The van der Waals surface area contributed by atoms with E-state index in [2.05, 4.69) is 15.5 Å². The van der Waals surface area contributed by atoms with Gasteiger partial charge in [-0.1, -0.05) is 16.9 Å². The molecule has 23 heavy (non-hydrogen) atoms. The van der Waals surface area contributed by atoms with Crippen molar-refractivity contribution in [2.45, 2.75) is 36.6 Å². The highest BCUT2D eigenvalue weighted by molar-refractivity contribution is 7.98. The summed E-state index contributed by atoms with van der Waals surface area (Å²) >= 11 is 1.47. The summed E-state index contributed by atoms with van der Waals surface area (Å²) in [6.07, 6.45) is 3.88. The Balaban J connectivity index is 1.60. The first kappa shape index (κ1) is 16.0. The third-order valence-electron chi connectivity index (χ3n) is 3.56. The quantitative estimate of drug-likeness (QED) is 0.819. The predicted molar refractivity (Wildman–Crippen MR) is 86.3 cm³/mol. The zero-order valence-electron chi connectivity index (χ0n) is 12.9. The van der Waals surface area contributed by atoms with E-state index in [0.717, 1.165) is 30.9 Å². The van der Waals surface area contributed by atoms with Crippen LogP contribution >= 0.6 is 11.8 Å². The minimum atomic E-state index is -0.118. The fraction of sp³-hybridized carbons (Fsp3) is 0.438. The highest BCUT2D eigenvalue weighted by Gasteiger charge is 2.18. The van der Waals surface area contributed by atoms with Gasteiger partial charge in [0.25, 0.3) is 5.91 Å². The van der Waals surface area contributed by atoms with Crippen molar-refractivity contribution in [1.82, 2.24) is 15.5 Å². The summed E-state index contributed by atoms with van der Waals surface area (Å²) in [6.45, 7) is 3.18. The number of amides is 1. The van der Waals surface area contributed by atoms with Gasteiger partial charge in [0.1, 0.15) is 10.8 Å². The predicted octanol–water partition coefficient (Wildman–Crippen LogP) is 2.58. The van der Waals surface area contributed by atoms with E-state index in [4.69, 9.17) is 9.26 Å². The lowest BCUT2D eigenvalue weighted by Crippen LogP contribution is -2.32. The first-order chi connectivity index (χ1) is 11.2. The summed E-state index contributed by atoms with van der Waals surface area (Å²) in [5.74, 6) is 1.27. The number of carbonyl (C=O) groups is 1. The van der Waals surface area contributed by atoms with E-state index in [1.807, 2.05) is 13.0 Å². The molecule has 7 heteroatoms. The second-order valence-corrected chi connectivity index (χ2v) is 6.38. The first-order valence-electron chi connectivity index (χ1n) is 7.62. The Labute approximate surface area is 139 Å². The average molecular weight is 333 g/mol. The Morgan fingerprint density at radius 1 is 1.52 bits per heavy atom. The number of aryl methyl sites for hydroxylation is 1. The number of thioether (sulfide) groups is 1. The molecule has 0 spiro atoms. The normalized spacial score (nSPS) is 17.3. The number of ether oxygens (including phenoxy) is 1. The summed E-state index contributed by atoms with van der Waals surface area (Å²) in [6, 6.07) is 5.44. The molecule has 1 N–H and O–H groups in total. The molecule has 3 heterocycles. The second kappa shape index (κ2) is 7.61. The van der Waals surface area contributed by atoms with Crippen molar-refractivity contribution in [3.63, 3.8) is 0 Å². The highest BCUT2D eigenvalue weighted by Crippen LogP contribution is 2.24. The van der Waals surface area contributed by atoms with E-state index < -0.39 is 0 Å². The van der Waals surface area contributed by atoms with Gasteiger partial charge < -0.3 is 14.6 Å². The van der Waals surface area contributed by atoms with Gasteiger partial charge in [-0.2, -0.15) is 0 Å². The lowest BCUT2D eigenvalue weighted by Gasteiger charge is -2.12. The molecule has 1 amide bonds. The molecule has 0 aliphatic carbocycles. The van der Waals surface area contributed by atoms with Gasteiger partial charge >= 0.3 is 0 Å². The molecule has 0 aromatic carbocycles. The van der Waals surface area contributed by atoms with E-state index in [9.17, 15) is 4.79 Å². The van der Waals surface area contributed by atoms with Gasteiger partial charge in [-0.05, 0) is 31.9 Å². The minimum Gasteiger partial charge on any atom is -0.376 e. The Hall–Kier alpha value is -1.86. The molecule has 0 radical (unpaired) electrons. The molecule has 0 bridgehead atoms. The monoisotopic (exact) mass is 333 g/mol. The molecule has 0 unspecified atom stereocenters. The van der Waals surface area contributed by atoms with Crippen molar-refractivity contribution in [2.24, 2.45) is 0 Å². The van der Waals surface area contributed by atoms with Crippen molar-refractivity contribution < 1.29 is 14.1 Å². The number of nitrogens with zero attached hydrogens (tertiary/aromatic N) is 2. The number of carbonyl (C=O) groups excluding carboxylic acids is 1. The molecular weight excluding hydrogens is 314 g/mol. The average Bonchev–Trinajstić information content (AvgIpc) is 3.22. The Morgan fingerprint density at radius 3 is 3.17 bits per heavy atom. The van der Waals surface area contributed by atoms with Crippen LogP contribution in [0, 0.1) is 6.92 Å². The van der Waals surface area contributed by atoms with Crippen molar-refractivity contribution in [2.75, 3.05) is 13.2 Å². The molecule has 122 valence electrons. The molecular formula is C16H19N3O3S. The third-order valence-corrected chi connectivity index (χ3v) is 4.60. The second-order valence-electron chi connectivity index (χ2n) is 5.42. The molecule has 1 saturated heterocycles. The van der Waals surface area contributed by atoms with E-state index in [1.165, 1.54) is 11.8 Å². The van der Waals surface area contributed by atoms with Crippen molar-refractivity contribution in [1.29, 1.82) is 0 Å². The van der Waals surface area contributed by atoms with Gasteiger partial charge in [0, 0.05) is 31.2 Å². The van der Waals surface area contributed by atoms with E-state index in [0.29, 0.717) is 22.9 Å². The number of hydrogen-bond donors (Lipinski definition) is 1. The Bertz CT molecular complexity index is 668. The molecule has 1 aliphatic rings. The lowest BCUT2D eigenvalue weighted by molar-refractivity contribution is 0.0855. The maximum atomic E-state index is 12.4. The molecule has 1 fully saturated rings. The third kappa shape index (κ3) is 4.33. The van der Waals surface area contributed by atoms with Crippen LogP contribution in [0.15, 0.2) is 33.9 Å². The van der Waals surface area contributed by atoms with Crippen LogP contribution in [0.2, 0.25) is 0 Å². The standard InChI is InChI=1S/C16H19N3O3S/c1-11-8-12(19-22-11)10-23-16-14(5-2-6-17-16)15(20)18-9-13-4-3-7-21-13/h2,5-6,8,13H,3-4,7,9-10H2,1H3,(H,18,20)/t13-/m1/s1. The summed E-state index contributed by atoms with van der Waals surface area (Å²) in [5.41, 5.74) is 1.42. The maximum absolute atomic E-state index is 12.4. The van der Waals surface area contributed by atoms with Gasteiger partial charge in [0.2, 0.25) is 0 Å². The molecule has 1 aliphatic heterocycles. The first-order valence-corrected chi connectivity index (χ1v) is 8.61. The number of hydrogen-bond acceptors (Lipinski definition) is 6. The van der Waals surface area contributed by atoms with Crippen LogP contribution < -0.4 is 5.32 Å². The van der Waals surface area contributed by atoms with Crippen LogP contribution in [-0.2, 0) is 10.5 Å². The summed E-state index contributed by atoms with van der Waals surface area (Å²) in [4.78, 5) is 16.7. The molecule has 0 saturated carbocycles. The smallest absolute Gasteiger partial charge is 0.254 e. The van der Waals surface area contributed by atoms with Crippen LogP contribution in [0.25, 0.3) is 0 Å². The molecule has 2 aromatic heterocycles. The van der Waals surface area contributed by atoms with Gasteiger partial charge in [-0.15, -0.1) is 0 Å². The maximum Gasteiger partial charge on any atom is 0.254 e. The molecule has 2 aromatic rings. The summed E-state index contributed by atoms with van der Waals surface area (Å²) in [5, 5.41) is 7.58. The van der Waals surface area contributed by atoms with E-state index in [-0.39, 0.29) is 12.0 Å². The van der Waals surface area contributed by atoms with Crippen molar-refractivity contribution in [3.8, 4) is 0 Å². The highest BCUT2D eigenvalue weighted by atomic mass is 32.2. The fourth-order valence-electron chi connectivity index (χ4n) is 2.41. The van der Waals surface area contributed by atoms with Crippen LogP contribution in [-0.4, -0.2) is 35.3 Å². The zero-order chi connectivity index (χ0) is 16.1. The number of aromatic nitrogens is 2. The molecule has 3 rings (SSSR count). The van der Waals surface area contributed by atoms with Gasteiger partial charge in [0.05, 0.1) is 17.4 Å². The topological polar surface area (TPSA) is 77.2 Å². The van der Waals surface area contributed by atoms with Crippen LogP contribution in [0.5, 0.6) is 0 Å². The van der Waals surface area contributed by atoms with Crippen LogP contribution in [0.4, 0.5) is 0 Å². The molecule has 6 nitrogen and oxygen atoms in total.